The molecule has 0 saturated carbocycles. The summed E-state index contributed by atoms with van der Waals surface area (Å²) in [4.78, 5) is 1.10. The molecule has 0 aliphatic rings. The SMILES string of the molecule is Cc1ccc(Sc2oc(/C=N/O)cc2Br)cc1. The van der Waals surface area contributed by atoms with Crippen molar-refractivity contribution in [2.45, 2.75) is 16.9 Å². The van der Waals surface area contributed by atoms with Gasteiger partial charge in [0.25, 0.3) is 0 Å². The van der Waals surface area contributed by atoms with Gasteiger partial charge in [0.1, 0.15) is 6.21 Å². The lowest BCUT2D eigenvalue weighted by Gasteiger charge is -1.99. The van der Waals surface area contributed by atoms with E-state index in [4.69, 9.17) is 9.62 Å². The van der Waals surface area contributed by atoms with Crippen molar-refractivity contribution in [2.75, 3.05) is 0 Å². The first-order valence-electron chi connectivity index (χ1n) is 4.90. The molecule has 0 radical (unpaired) electrons. The second-order valence-electron chi connectivity index (χ2n) is 3.44. The molecule has 2 rings (SSSR count). The lowest BCUT2D eigenvalue weighted by Crippen LogP contribution is -1.74. The predicted molar refractivity (Wildman–Crippen MR) is 71.1 cm³/mol. The van der Waals surface area contributed by atoms with Crippen LogP contribution in [0.1, 0.15) is 11.3 Å². The monoisotopic (exact) mass is 311 g/mol. The molecule has 0 aliphatic carbocycles. The van der Waals surface area contributed by atoms with Gasteiger partial charge in [0, 0.05) is 11.0 Å². The molecule has 0 bridgehead atoms. The summed E-state index contributed by atoms with van der Waals surface area (Å²) in [5.74, 6) is 0.508. The Bertz CT molecular complexity index is 534. The average molecular weight is 312 g/mol. The van der Waals surface area contributed by atoms with Gasteiger partial charge < -0.3 is 9.62 Å². The van der Waals surface area contributed by atoms with Crippen LogP contribution in [0.3, 0.4) is 0 Å². The summed E-state index contributed by atoms with van der Waals surface area (Å²) in [5, 5.41) is 12.1. The number of aryl methyl sites for hydroxylation is 1. The highest BCUT2D eigenvalue weighted by atomic mass is 79.9. The van der Waals surface area contributed by atoms with Crippen LogP contribution >= 0.6 is 27.7 Å². The lowest BCUT2D eigenvalue weighted by atomic mass is 10.2. The van der Waals surface area contributed by atoms with Gasteiger partial charge >= 0.3 is 0 Å². The van der Waals surface area contributed by atoms with Crippen LogP contribution in [0.15, 0.2) is 54.4 Å². The van der Waals surface area contributed by atoms with E-state index in [9.17, 15) is 0 Å². The van der Waals surface area contributed by atoms with E-state index in [0.29, 0.717) is 5.76 Å². The summed E-state index contributed by atoms with van der Waals surface area (Å²) in [7, 11) is 0. The van der Waals surface area contributed by atoms with Crippen molar-refractivity contribution in [3.05, 3.63) is 46.1 Å². The summed E-state index contributed by atoms with van der Waals surface area (Å²) in [6.07, 6.45) is 1.25. The van der Waals surface area contributed by atoms with E-state index >= 15 is 0 Å². The number of benzene rings is 1. The molecule has 0 spiro atoms. The van der Waals surface area contributed by atoms with Crippen LogP contribution in [-0.2, 0) is 0 Å². The van der Waals surface area contributed by atoms with Gasteiger partial charge in [-0.05, 0) is 35.0 Å². The maximum atomic E-state index is 8.43. The summed E-state index contributed by atoms with van der Waals surface area (Å²) < 4.78 is 6.34. The molecule has 0 unspecified atom stereocenters. The minimum absolute atomic E-state index is 0.508. The van der Waals surface area contributed by atoms with E-state index in [1.807, 2.05) is 19.1 Å². The third kappa shape index (κ3) is 3.14. The van der Waals surface area contributed by atoms with Crippen LogP contribution in [0.5, 0.6) is 0 Å². The van der Waals surface area contributed by atoms with Crippen LogP contribution in [0.25, 0.3) is 0 Å². The summed E-state index contributed by atoms with van der Waals surface area (Å²) in [6.45, 7) is 2.05. The molecule has 1 heterocycles. The van der Waals surface area contributed by atoms with Crippen molar-refractivity contribution >= 4 is 33.9 Å². The van der Waals surface area contributed by atoms with E-state index in [2.05, 4.69) is 33.2 Å². The summed E-state index contributed by atoms with van der Waals surface area (Å²) in [5.41, 5.74) is 1.22. The van der Waals surface area contributed by atoms with Crippen LogP contribution in [0.2, 0.25) is 0 Å². The lowest BCUT2D eigenvalue weighted by molar-refractivity contribution is 0.320. The van der Waals surface area contributed by atoms with Crippen molar-refractivity contribution in [1.82, 2.24) is 0 Å². The molecule has 1 aromatic heterocycles. The van der Waals surface area contributed by atoms with Gasteiger partial charge in [0.2, 0.25) is 0 Å². The maximum Gasteiger partial charge on any atom is 0.180 e. The molecule has 5 heteroatoms. The topological polar surface area (TPSA) is 45.7 Å². The van der Waals surface area contributed by atoms with Crippen LogP contribution in [0.4, 0.5) is 0 Å². The van der Waals surface area contributed by atoms with Crippen molar-refractivity contribution in [2.24, 2.45) is 5.16 Å². The smallest absolute Gasteiger partial charge is 0.180 e. The molecule has 2 aromatic rings. The van der Waals surface area contributed by atoms with E-state index in [-0.39, 0.29) is 0 Å². The Morgan fingerprint density at radius 3 is 2.71 bits per heavy atom. The fourth-order valence-corrected chi connectivity index (χ4v) is 2.60. The van der Waals surface area contributed by atoms with Crippen molar-refractivity contribution in [1.29, 1.82) is 0 Å². The third-order valence-corrected chi connectivity index (χ3v) is 3.94. The quantitative estimate of drug-likeness (QED) is 0.522. The van der Waals surface area contributed by atoms with Gasteiger partial charge in [0.05, 0.1) is 4.47 Å². The summed E-state index contributed by atoms with van der Waals surface area (Å²) in [6, 6.07) is 9.93. The Labute approximate surface area is 112 Å². The third-order valence-electron chi connectivity index (χ3n) is 2.09. The zero-order valence-corrected chi connectivity index (χ0v) is 11.5. The Morgan fingerprint density at radius 2 is 2.06 bits per heavy atom. The van der Waals surface area contributed by atoms with Crippen LogP contribution in [0, 0.1) is 6.92 Å². The number of hydrogen-bond acceptors (Lipinski definition) is 4. The molecular formula is C12H10BrNO2S. The Balaban J connectivity index is 2.20. The normalized spacial score (nSPS) is 11.2. The molecule has 3 nitrogen and oxygen atoms in total. The molecule has 0 saturated heterocycles. The molecule has 0 atom stereocenters. The van der Waals surface area contributed by atoms with E-state index in [1.54, 1.807) is 6.07 Å². The maximum absolute atomic E-state index is 8.43. The minimum Gasteiger partial charge on any atom is -0.447 e. The number of furan rings is 1. The van der Waals surface area contributed by atoms with E-state index in [0.717, 1.165) is 14.5 Å². The number of oxime groups is 1. The standard InChI is InChI=1S/C12H10BrNO2S/c1-8-2-4-10(5-3-8)17-12-11(13)6-9(16-12)7-14-15/h2-7,15H,1H3/b14-7+. The fraction of sp³-hybridized carbons (Fsp3) is 0.0833. The van der Waals surface area contributed by atoms with Gasteiger partial charge in [-0.15, -0.1) is 0 Å². The molecular weight excluding hydrogens is 302 g/mol. The highest BCUT2D eigenvalue weighted by molar-refractivity contribution is 9.10. The number of hydrogen-bond donors (Lipinski definition) is 1. The fourth-order valence-electron chi connectivity index (χ4n) is 1.27. The largest absolute Gasteiger partial charge is 0.447 e. The van der Waals surface area contributed by atoms with E-state index in [1.165, 1.54) is 23.5 Å². The van der Waals surface area contributed by atoms with Gasteiger partial charge in [0.15, 0.2) is 10.9 Å². The van der Waals surface area contributed by atoms with Crippen molar-refractivity contribution < 1.29 is 9.62 Å². The van der Waals surface area contributed by atoms with Crippen LogP contribution in [-0.4, -0.2) is 11.4 Å². The molecule has 88 valence electrons. The molecule has 1 aromatic carbocycles. The molecule has 0 amide bonds. The second kappa shape index (κ2) is 5.42. The highest BCUT2D eigenvalue weighted by Gasteiger charge is 2.09. The first-order valence-corrected chi connectivity index (χ1v) is 6.51. The molecule has 1 N–H and O–H groups in total. The van der Waals surface area contributed by atoms with Gasteiger partial charge in [-0.25, -0.2) is 0 Å². The zero-order valence-electron chi connectivity index (χ0n) is 9.05. The Kier molecular flexibility index (Phi) is 3.91. The van der Waals surface area contributed by atoms with Gasteiger partial charge in [-0.3, -0.25) is 0 Å². The summed E-state index contributed by atoms with van der Waals surface area (Å²) >= 11 is 4.91. The second-order valence-corrected chi connectivity index (χ2v) is 5.34. The minimum atomic E-state index is 0.508. The van der Waals surface area contributed by atoms with Crippen LogP contribution < -0.4 is 0 Å². The Hall–Kier alpha value is -1.20. The van der Waals surface area contributed by atoms with Crippen molar-refractivity contribution in [3.8, 4) is 0 Å². The molecule has 0 aliphatic heterocycles. The number of rotatable bonds is 3. The molecule has 0 fully saturated rings. The van der Waals surface area contributed by atoms with Crippen molar-refractivity contribution in [3.63, 3.8) is 0 Å². The number of halogens is 1. The van der Waals surface area contributed by atoms with E-state index < -0.39 is 0 Å². The molecule has 17 heavy (non-hydrogen) atoms. The Morgan fingerprint density at radius 1 is 1.35 bits per heavy atom. The van der Waals surface area contributed by atoms with Gasteiger partial charge in [-0.1, -0.05) is 34.6 Å². The van der Waals surface area contributed by atoms with Gasteiger partial charge in [-0.2, -0.15) is 0 Å². The average Bonchev–Trinajstić information content (AvgIpc) is 2.63. The number of nitrogens with zero attached hydrogens (tertiary/aromatic N) is 1. The highest BCUT2D eigenvalue weighted by Crippen LogP contribution is 2.35. The zero-order chi connectivity index (χ0) is 12.3. The predicted octanol–water partition coefficient (Wildman–Crippen LogP) is 4.31. The first kappa shape index (κ1) is 12.3. The first-order chi connectivity index (χ1) is 8.19.